The molecular formula is C12H16N4O2. The van der Waals surface area contributed by atoms with Gasteiger partial charge < -0.3 is 14.7 Å². The molecule has 2 aromatic heterocycles. The van der Waals surface area contributed by atoms with Gasteiger partial charge in [0.1, 0.15) is 5.69 Å². The number of H-pyrrole nitrogens is 1. The Morgan fingerprint density at radius 2 is 2.22 bits per heavy atom. The molecular weight excluding hydrogens is 232 g/mol. The van der Waals surface area contributed by atoms with Gasteiger partial charge in [0.2, 0.25) is 5.88 Å². The van der Waals surface area contributed by atoms with Crippen molar-refractivity contribution in [1.82, 2.24) is 19.5 Å². The van der Waals surface area contributed by atoms with Gasteiger partial charge in [0, 0.05) is 6.54 Å². The maximum Gasteiger partial charge on any atom is 0.258 e. The monoisotopic (exact) mass is 248 g/mol. The Balaban J connectivity index is 2.59. The predicted octanol–water partition coefficient (Wildman–Crippen LogP) is 1.48. The summed E-state index contributed by atoms with van der Waals surface area (Å²) in [5.74, 6) is 0.0419. The number of aromatic amines is 1. The van der Waals surface area contributed by atoms with Crippen LogP contribution in [0.4, 0.5) is 0 Å². The van der Waals surface area contributed by atoms with Crippen molar-refractivity contribution >= 4 is 0 Å². The first-order valence-electron chi connectivity index (χ1n) is 5.88. The molecule has 0 spiro atoms. The molecule has 0 saturated heterocycles. The minimum atomic E-state index is -0.309. The molecule has 0 radical (unpaired) electrons. The van der Waals surface area contributed by atoms with Gasteiger partial charge >= 0.3 is 0 Å². The van der Waals surface area contributed by atoms with Crippen LogP contribution in [0.1, 0.15) is 32.3 Å². The van der Waals surface area contributed by atoms with Gasteiger partial charge in [0.25, 0.3) is 5.56 Å². The van der Waals surface area contributed by atoms with E-state index >= 15 is 0 Å². The van der Waals surface area contributed by atoms with Gasteiger partial charge in [-0.3, -0.25) is 4.79 Å². The highest BCUT2D eigenvalue weighted by Gasteiger charge is 2.16. The summed E-state index contributed by atoms with van der Waals surface area (Å²) in [5, 5.41) is 9.84. The van der Waals surface area contributed by atoms with Crippen molar-refractivity contribution in [3.05, 3.63) is 28.4 Å². The Morgan fingerprint density at radius 3 is 2.78 bits per heavy atom. The highest BCUT2D eigenvalue weighted by atomic mass is 16.3. The number of rotatable bonds is 3. The summed E-state index contributed by atoms with van der Waals surface area (Å²) < 4.78 is 1.84. The topological polar surface area (TPSA) is 83.8 Å². The lowest BCUT2D eigenvalue weighted by atomic mass is 10.1. The average molecular weight is 248 g/mol. The third-order valence-electron chi connectivity index (χ3n) is 2.81. The lowest BCUT2D eigenvalue weighted by molar-refractivity contribution is 0.440. The minimum absolute atomic E-state index is 0.0774. The highest BCUT2D eigenvalue weighted by Crippen LogP contribution is 2.22. The molecule has 2 N–H and O–H groups in total. The van der Waals surface area contributed by atoms with Crippen molar-refractivity contribution in [1.29, 1.82) is 0 Å². The fourth-order valence-corrected chi connectivity index (χ4v) is 1.88. The van der Waals surface area contributed by atoms with Crippen LogP contribution in [0, 0.1) is 0 Å². The molecule has 0 unspecified atom stereocenters. The van der Waals surface area contributed by atoms with Crippen molar-refractivity contribution in [2.24, 2.45) is 0 Å². The van der Waals surface area contributed by atoms with Crippen molar-refractivity contribution in [3.63, 3.8) is 0 Å². The molecule has 0 aliphatic carbocycles. The SMILES string of the molecule is CCn1cncc1-c1nc(O)c(C(C)C)c(=O)[nH]1. The van der Waals surface area contributed by atoms with E-state index < -0.39 is 0 Å². The number of hydrogen-bond donors (Lipinski definition) is 2. The second-order valence-corrected chi connectivity index (χ2v) is 4.37. The van der Waals surface area contributed by atoms with E-state index in [0.29, 0.717) is 23.6 Å². The molecule has 0 saturated carbocycles. The van der Waals surface area contributed by atoms with Crippen molar-refractivity contribution in [2.45, 2.75) is 33.2 Å². The number of aromatic nitrogens is 4. The number of nitrogens with one attached hydrogen (secondary N) is 1. The summed E-state index contributed by atoms with van der Waals surface area (Å²) in [7, 11) is 0. The van der Waals surface area contributed by atoms with Crippen LogP contribution < -0.4 is 5.56 Å². The van der Waals surface area contributed by atoms with Crippen LogP contribution in [-0.4, -0.2) is 24.6 Å². The molecule has 0 amide bonds. The fraction of sp³-hybridized carbons (Fsp3) is 0.417. The van der Waals surface area contributed by atoms with Gasteiger partial charge in [0.05, 0.1) is 18.1 Å². The van der Waals surface area contributed by atoms with E-state index in [1.807, 2.05) is 25.3 Å². The Kier molecular flexibility index (Phi) is 3.18. The Bertz CT molecular complexity index is 613. The van der Waals surface area contributed by atoms with Crippen molar-refractivity contribution in [3.8, 4) is 17.4 Å². The van der Waals surface area contributed by atoms with Crippen molar-refractivity contribution < 1.29 is 5.11 Å². The summed E-state index contributed by atoms with van der Waals surface area (Å²) in [6.07, 6.45) is 3.26. The van der Waals surface area contributed by atoms with Gasteiger partial charge in [0.15, 0.2) is 5.82 Å². The second kappa shape index (κ2) is 4.64. The average Bonchev–Trinajstić information content (AvgIpc) is 2.75. The van der Waals surface area contributed by atoms with E-state index in [1.54, 1.807) is 12.5 Å². The van der Waals surface area contributed by atoms with Gasteiger partial charge in [-0.05, 0) is 12.8 Å². The number of imidazole rings is 1. The largest absolute Gasteiger partial charge is 0.493 e. The van der Waals surface area contributed by atoms with Crippen LogP contribution in [0.15, 0.2) is 17.3 Å². The van der Waals surface area contributed by atoms with Crippen LogP contribution in [0.2, 0.25) is 0 Å². The zero-order valence-electron chi connectivity index (χ0n) is 10.6. The molecule has 6 heteroatoms. The quantitative estimate of drug-likeness (QED) is 0.861. The molecule has 0 aliphatic heterocycles. The van der Waals surface area contributed by atoms with E-state index in [9.17, 15) is 9.90 Å². The van der Waals surface area contributed by atoms with Crippen LogP contribution in [0.3, 0.4) is 0 Å². The molecule has 6 nitrogen and oxygen atoms in total. The Hall–Kier alpha value is -2.11. The zero-order chi connectivity index (χ0) is 13.3. The molecule has 96 valence electrons. The number of hydrogen-bond acceptors (Lipinski definition) is 4. The highest BCUT2D eigenvalue weighted by molar-refractivity contribution is 5.50. The third-order valence-corrected chi connectivity index (χ3v) is 2.81. The second-order valence-electron chi connectivity index (χ2n) is 4.37. The van der Waals surface area contributed by atoms with Crippen LogP contribution in [0.25, 0.3) is 11.5 Å². The molecule has 0 atom stereocenters. The van der Waals surface area contributed by atoms with Gasteiger partial charge in [-0.1, -0.05) is 13.8 Å². The predicted molar refractivity (Wildman–Crippen MR) is 67.5 cm³/mol. The lowest BCUT2D eigenvalue weighted by Gasteiger charge is -2.09. The van der Waals surface area contributed by atoms with Gasteiger partial charge in [-0.15, -0.1) is 0 Å². The van der Waals surface area contributed by atoms with Crippen molar-refractivity contribution in [2.75, 3.05) is 0 Å². The maximum atomic E-state index is 11.9. The summed E-state index contributed by atoms with van der Waals surface area (Å²) in [6.45, 7) is 6.35. The standard InChI is InChI=1S/C12H16N4O2/c1-4-16-6-13-5-8(16)10-14-11(17)9(7(2)3)12(18)15-10/h5-7H,4H2,1-3H3,(H2,14,15,17,18). The third kappa shape index (κ3) is 2.01. The Morgan fingerprint density at radius 1 is 1.50 bits per heavy atom. The summed E-state index contributed by atoms with van der Waals surface area (Å²) >= 11 is 0. The summed E-state index contributed by atoms with van der Waals surface area (Å²) in [5.41, 5.74) is 0.679. The first-order valence-corrected chi connectivity index (χ1v) is 5.88. The Labute approximate surface area is 104 Å². The number of nitrogens with zero attached hydrogens (tertiary/aromatic N) is 3. The first kappa shape index (κ1) is 12.3. The van der Waals surface area contributed by atoms with Crippen LogP contribution >= 0.6 is 0 Å². The van der Waals surface area contributed by atoms with Crippen LogP contribution in [-0.2, 0) is 6.54 Å². The molecule has 0 bridgehead atoms. The van der Waals surface area contributed by atoms with E-state index in [4.69, 9.17) is 0 Å². The van der Waals surface area contributed by atoms with Gasteiger partial charge in [-0.2, -0.15) is 4.98 Å². The smallest absolute Gasteiger partial charge is 0.258 e. The van der Waals surface area contributed by atoms with Crippen LogP contribution in [0.5, 0.6) is 5.88 Å². The molecule has 2 aromatic rings. The molecule has 0 aromatic carbocycles. The molecule has 0 fully saturated rings. The normalized spacial score (nSPS) is 11.1. The molecule has 18 heavy (non-hydrogen) atoms. The fourth-order valence-electron chi connectivity index (χ4n) is 1.88. The lowest BCUT2D eigenvalue weighted by Crippen LogP contribution is -2.17. The number of aryl methyl sites for hydroxylation is 1. The maximum absolute atomic E-state index is 11.9. The van der Waals surface area contributed by atoms with E-state index in [0.717, 1.165) is 0 Å². The van der Waals surface area contributed by atoms with Gasteiger partial charge in [-0.25, -0.2) is 4.98 Å². The summed E-state index contributed by atoms with van der Waals surface area (Å²) in [4.78, 5) is 22.7. The van der Waals surface area contributed by atoms with E-state index in [-0.39, 0.29) is 17.4 Å². The molecule has 2 heterocycles. The molecule has 2 rings (SSSR count). The summed E-state index contributed by atoms with van der Waals surface area (Å²) in [6, 6.07) is 0. The zero-order valence-corrected chi connectivity index (χ0v) is 10.6. The van der Waals surface area contributed by atoms with E-state index in [1.165, 1.54) is 0 Å². The molecule has 0 aliphatic rings. The van der Waals surface area contributed by atoms with E-state index in [2.05, 4.69) is 15.0 Å². The number of aromatic hydroxyl groups is 1. The minimum Gasteiger partial charge on any atom is -0.493 e. The first-order chi connectivity index (χ1) is 8.54.